The van der Waals surface area contributed by atoms with Gasteiger partial charge in [0.2, 0.25) is 0 Å². The van der Waals surface area contributed by atoms with Gasteiger partial charge in [0.05, 0.1) is 16.5 Å². The van der Waals surface area contributed by atoms with E-state index in [-0.39, 0.29) is 23.8 Å². The fraction of sp³-hybridized carbons (Fsp3) is 0.195. The molecule has 0 aliphatic heterocycles. The van der Waals surface area contributed by atoms with Crippen molar-refractivity contribution in [1.29, 1.82) is 0 Å². The third kappa shape index (κ3) is 5.58. The van der Waals surface area contributed by atoms with Crippen LogP contribution in [0.2, 0.25) is 0 Å². The fourth-order valence-electron chi connectivity index (χ4n) is 6.58. The SMILES string of the molecule is Cc1cc(-n2c(C3(C)CCC3)c(-c3ccc(C(=O)OCc4ccccc4)cc3)c3c(OCc4ccccc4)cccc32)ccc1F. The first-order chi connectivity index (χ1) is 22.4. The van der Waals surface area contributed by atoms with Gasteiger partial charge in [0.1, 0.15) is 24.8 Å². The number of aromatic nitrogens is 1. The number of rotatable bonds is 9. The zero-order chi connectivity index (χ0) is 31.7. The molecule has 1 heterocycles. The van der Waals surface area contributed by atoms with Crippen LogP contribution in [0.3, 0.4) is 0 Å². The lowest BCUT2D eigenvalue weighted by Crippen LogP contribution is -2.33. The zero-order valence-electron chi connectivity index (χ0n) is 26.1. The molecule has 0 amide bonds. The Morgan fingerprint density at radius 2 is 1.48 bits per heavy atom. The van der Waals surface area contributed by atoms with E-state index < -0.39 is 0 Å². The summed E-state index contributed by atoms with van der Waals surface area (Å²) in [6, 6.07) is 39.0. The van der Waals surface area contributed by atoms with Crippen molar-refractivity contribution in [2.75, 3.05) is 0 Å². The molecule has 0 bridgehead atoms. The molecule has 1 saturated carbocycles. The summed E-state index contributed by atoms with van der Waals surface area (Å²) in [5.41, 5.74) is 8.18. The van der Waals surface area contributed by atoms with E-state index in [4.69, 9.17) is 9.47 Å². The van der Waals surface area contributed by atoms with Crippen LogP contribution in [0.25, 0.3) is 27.7 Å². The van der Waals surface area contributed by atoms with Crippen LogP contribution in [0.4, 0.5) is 4.39 Å². The molecule has 6 aromatic rings. The molecular weight excluding hydrogens is 573 g/mol. The maximum absolute atomic E-state index is 14.5. The molecule has 46 heavy (non-hydrogen) atoms. The Bertz CT molecular complexity index is 2010. The van der Waals surface area contributed by atoms with Gasteiger partial charge >= 0.3 is 5.97 Å². The third-order valence-electron chi connectivity index (χ3n) is 9.24. The Morgan fingerprint density at radius 1 is 0.804 bits per heavy atom. The lowest BCUT2D eigenvalue weighted by molar-refractivity contribution is 0.0472. The average molecular weight is 610 g/mol. The van der Waals surface area contributed by atoms with Gasteiger partial charge in [0.15, 0.2) is 0 Å². The number of esters is 1. The minimum absolute atomic E-state index is 0.0966. The molecule has 4 nitrogen and oxygen atoms in total. The maximum Gasteiger partial charge on any atom is 0.338 e. The maximum atomic E-state index is 14.5. The van der Waals surface area contributed by atoms with Crippen molar-refractivity contribution in [2.24, 2.45) is 0 Å². The fourth-order valence-corrected chi connectivity index (χ4v) is 6.58. The van der Waals surface area contributed by atoms with Crippen LogP contribution in [-0.2, 0) is 23.4 Å². The lowest BCUT2D eigenvalue weighted by Gasteiger charge is -2.40. The standard InChI is InChI=1S/C41H36FNO3/c1-28-25-33(21-22-34(28)42)43-35-15-9-16-36(45-26-29-11-5-3-6-12-29)38(35)37(39(43)41(2)23-10-24-41)31-17-19-32(20-18-31)40(44)46-27-30-13-7-4-8-14-30/h3-9,11-22,25H,10,23-24,26-27H2,1-2H3. The van der Waals surface area contributed by atoms with Gasteiger partial charge in [-0.2, -0.15) is 0 Å². The zero-order valence-corrected chi connectivity index (χ0v) is 26.1. The van der Waals surface area contributed by atoms with E-state index in [0.29, 0.717) is 17.7 Å². The molecule has 1 aliphatic rings. The van der Waals surface area contributed by atoms with E-state index in [1.54, 1.807) is 13.0 Å². The highest BCUT2D eigenvalue weighted by atomic mass is 19.1. The quantitative estimate of drug-likeness (QED) is 0.153. The Labute approximate surface area is 269 Å². The van der Waals surface area contributed by atoms with Crippen LogP contribution in [0.5, 0.6) is 5.75 Å². The van der Waals surface area contributed by atoms with E-state index in [1.807, 2.05) is 97.1 Å². The van der Waals surface area contributed by atoms with Gasteiger partial charge in [-0.15, -0.1) is 0 Å². The molecule has 1 aliphatic carbocycles. The summed E-state index contributed by atoms with van der Waals surface area (Å²) in [5, 5.41) is 1.00. The van der Waals surface area contributed by atoms with Crippen molar-refractivity contribution in [3.05, 3.63) is 155 Å². The number of benzene rings is 5. The predicted molar refractivity (Wildman–Crippen MR) is 181 cm³/mol. The number of fused-ring (bicyclic) bond motifs is 1. The van der Waals surface area contributed by atoms with Crippen LogP contribution >= 0.6 is 0 Å². The summed E-state index contributed by atoms with van der Waals surface area (Å²) in [6.07, 6.45) is 3.23. The van der Waals surface area contributed by atoms with E-state index in [1.165, 1.54) is 5.69 Å². The number of carbonyl (C=O) groups excluding carboxylic acids is 1. The smallest absolute Gasteiger partial charge is 0.338 e. The van der Waals surface area contributed by atoms with Crippen LogP contribution in [0, 0.1) is 12.7 Å². The molecule has 1 fully saturated rings. The number of aryl methyl sites for hydroxylation is 1. The van der Waals surface area contributed by atoms with Gasteiger partial charge in [-0.3, -0.25) is 0 Å². The summed E-state index contributed by atoms with van der Waals surface area (Å²) in [6.45, 7) is 4.77. The van der Waals surface area contributed by atoms with Gasteiger partial charge in [-0.05, 0) is 84.5 Å². The Balaban J connectivity index is 1.37. The topological polar surface area (TPSA) is 40.5 Å². The van der Waals surface area contributed by atoms with Crippen LogP contribution in [0.1, 0.15) is 58.9 Å². The van der Waals surface area contributed by atoms with Crippen LogP contribution in [0.15, 0.2) is 121 Å². The average Bonchev–Trinajstić information content (AvgIpc) is 3.43. The minimum atomic E-state index is -0.363. The molecule has 0 N–H and O–H groups in total. The van der Waals surface area contributed by atoms with Crippen molar-refractivity contribution >= 4 is 16.9 Å². The van der Waals surface area contributed by atoms with Crippen molar-refractivity contribution in [2.45, 2.75) is 51.7 Å². The predicted octanol–water partition coefficient (Wildman–Crippen LogP) is 10.1. The Hall–Kier alpha value is -5.16. The largest absolute Gasteiger partial charge is 0.488 e. The first-order valence-electron chi connectivity index (χ1n) is 15.8. The summed E-state index contributed by atoms with van der Waals surface area (Å²) in [7, 11) is 0. The minimum Gasteiger partial charge on any atom is -0.488 e. The number of hydrogen-bond acceptors (Lipinski definition) is 3. The molecule has 5 heteroatoms. The van der Waals surface area contributed by atoms with E-state index in [2.05, 4.69) is 29.7 Å². The Morgan fingerprint density at radius 3 is 2.11 bits per heavy atom. The monoisotopic (exact) mass is 609 g/mol. The van der Waals surface area contributed by atoms with Crippen molar-refractivity contribution < 1.29 is 18.7 Å². The first kappa shape index (κ1) is 29.5. The lowest BCUT2D eigenvalue weighted by atomic mass is 9.66. The van der Waals surface area contributed by atoms with Gasteiger partial charge in [-0.1, -0.05) is 92.2 Å². The Kier molecular flexibility index (Phi) is 7.91. The highest BCUT2D eigenvalue weighted by molar-refractivity contribution is 6.04. The summed E-state index contributed by atoms with van der Waals surface area (Å²) < 4.78 is 29.0. The summed E-state index contributed by atoms with van der Waals surface area (Å²) in [5.74, 6) is 0.195. The normalized spacial score (nSPS) is 13.7. The van der Waals surface area contributed by atoms with Crippen LogP contribution < -0.4 is 4.74 Å². The summed E-state index contributed by atoms with van der Waals surface area (Å²) in [4.78, 5) is 13.0. The second-order valence-electron chi connectivity index (χ2n) is 12.5. The van der Waals surface area contributed by atoms with Crippen molar-refractivity contribution in [1.82, 2.24) is 4.57 Å². The van der Waals surface area contributed by atoms with Crippen LogP contribution in [-0.4, -0.2) is 10.5 Å². The highest BCUT2D eigenvalue weighted by Gasteiger charge is 2.40. The highest BCUT2D eigenvalue weighted by Crippen LogP contribution is 2.52. The third-order valence-corrected chi connectivity index (χ3v) is 9.24. The van der Waals surface area contributed by atoms with E-state index in [9.17, 15) is 9.18 Å². The van der Waals surface area contributed by atoms with Gasteiger partial charge in [0, 0.05) is 22.4 Å². The summed E-state index contributed by atoms with van der Waals surface area (Å²) >= 11 is 0. The molecule has 1 aromatic heterocycles. The molecule has 0 radical (unpaired) electrons. The second-order valence-corrected chi connectivity index (χ2v) is 12.5. The molecule has 0 unspecified atom stereocenters. The van der Waals surface area contributed by atoms with E-state index in [0.717, 1.165) is 63.9 Å². The van der Waals surface area contributed by atoms with Crippen molar-refractivity contribution in [3.8, 4) is 22.6 Å². The molecule has 0 spiro atoms. The van der Waals surface area contributed by atoms with Gasteiger partial charge < -0.3 is 14.0 Å². The van der Waals surface area contributed by atoms with Crippen molar-refractivity contribution in [3.63, 3.8) is 0 Å². The molecular formula is C41H36FNO3. The molecule has 5 aromatic carbocycles. The molecule has 0 saturated heterocycles. The number of nitrogens with zero attached hydrogens (tertiary/aromatic N) is 1. The van der Waals surface area contributed by atoms with Gasteiger partial charge in [-0.25, -0.2) is 9.18 Å². The van der Waals surface area contributed by atoms with E-state index >= 15 is 0 Å². The van der Waals surface area contributed by atoms with Gasteiger partial charge in [0.25, 0.3) is 0 Å². The number of ether oxygens (including phenoxy) is 2. The first-order valence-corrected chi connectivity index (χ1v) is 15.8. The molecule has 0 atom stereocenters. The molecule has 230 valence electrons. The number of carbonyl (C=O) groups is 1. The molecule has 7 rings (SSSR count). The number of halogens is 1. The second kappa shape index (κ2) is 12.3. The number of hydrogen-bond donors (Lipinski definition) is 0.